The second-order valence-electron chi connectivity index (χ2n) is 3.24. The number of carbonyl (C=O) groups is 1. The zero-order valence-electron chi connectivity index (χ0n) is 7.35. The summed E-state index contributed by atoms with van der Waals surface area (Å²) in [6.45, 7) is 0.344. The highest BCUT2D eigenvalue weighted by atomic mass is 31.2. The molecule has 1 heterocycles. The molecule has 6 nitrogen and oxygen atoms in total. The van der Waals surface area contributed by atoms with Crippen LogP contribution in [0.25, 0.3) is 0 Å². The minimum Gasteiger partial charge on any atom is -0.320 e. The first-order chi connectivity index (χ1) is 5.93. The molecule has 0 saturated carbocycles. The lowest BCUT2D eigenvalue weighted by Gasteiger charge is -2.25. The number of rotatable bonds is 1. The Morgan fingerprint density at radius 3 is 2.54 bits per heavy atom. The molecule has 0 aromatic rings. The van der Waals surface area contributed by atoms with Crippen molar-refractivity contribution in [1.82, 2.24) is 4.67 Å². The molecule has 6 N–H and O–H groups in total. The number of hydrogen-bond acceptors (Lipinski definition) is 3. The van der Waals surface area contributed by atoms with Crippen LogP contribution in [0, 0.1) is 0 Å². The van der Waals surface area contributed by atoms with Crippen LogP contribution in [0.3, 0.4) is 0 Å². The minimum absolute atomic E-state index is 0.344. The third-order valence-corrected chi connectivity index (χ3v) is 3.24. The van der Waals surface area contributed by atoms with Gasteiger partial charge in [0.05, 0.1) is 6.04 Å². The van der Waals surface area contributed by atoms with Crippen molar-refractivity contribution in [1.29, 1.82) is 0 Å². The van der Waals surface area contributed by atoms with E-state index in [1.807, 2.05) is 0 Å². The van der Waals surface area contributed by atoms with Crippen LogP contribution < -0.4 is 16.7 Å². The van der Waals surface area contributed by atoms with Gasteiger partial charge >= 0.3 is 7.59 Å². The number of amides is 1. The smallest absolute Gasteiger partial charge is 0.302 e. The number of nitrogens with zero attached hydrogens (tertiary/aromatic N) is 1. The monoisotopic (exact) mass is 206 g/mol. The molecule has 0 aromatic heterocycles. The van der Waals surface area contributed by atoms with Crippen LogP contribution in [0.5, 0.6) is 0 Å². The van der Waals surface area contributed by atoms with Crippen molar-refractivity contribution >= 4 is 13.5 Å². The van der Waals surface area contributed by atoms with Gasteiger partial charge in [0.1, 0.15) is 0 Å². The van der Waals surface area contributed by atoms with E-state index in [1.165, 1.54) is 0 Å². The molecular formula is C6H15N4O2P. The number of nitrogens with two attached hydrogens (primary N) is 3. The number of carbonyl (C=O) groups excluding carboxylic acids is 1. The molecule has 0 radical (unpaired) electrons. The Labute approximate surface area is 77.0 Å². The molecule has 0 aromatic carbocycles. The largest absolute Gasteiger partial charge is 0.320 e. The predicted octanol–water partition coefficient (Wildman–Crippen LogP) is -0.648. The van der Waals surface area contributed by atoms with Crippen LogP contribution >= 0.6 is 7.59 Å². The first-order valence-electron chi connectivity index (χ1n) is 4.17. The summed E-state index contributed by atoms with van der Waals surface area (Å²) >= 11 is 0. The summed E-state index contributed by atoms with van der Waals surface area (Å²) < 4.78 is 12.3. The standard InChI is InChI=1S/C6H15N4O2P/c7-5-3-1-2-4-10(6(5)11)13(8,9)12/h5H,1-4,7H2,(H4,8,9,12). The topological polar surface area (TPSA) is 115 Å². The normalized spacial score (nSPS) is 25.9. The average Bonchev–Trinajstić information content (AvgIpc) is 2.14. The lowest BCUT2D eigenvalue weighted by atomic mass is 10.1. The van der Waals surface area contributed by atoms with Gasteiger partial charge < -0.3 is 5.73 Å². The maximum Gasteiger partial charge on any atom is 0.302 e. The lowest BCUT2D eigenvalue weighted by Crippen LogP contribution is -2.43. The minimum atomic E-state index is -3.46. The third kappa shape index (κ3) is 2.51. The van der Waals surface area contributed by atoms with Crippen LogP contribution in [-0.4, -0.2) is 23.2 Å². The highest BCUT2D eigenvalue weighted by molar-refractivity contribution is 7.57. The molecule has 1 aliphatic rings. The van der Waals surface area contributed by atoms with E-state index in [9.17, 15) is 9.36 Å². The SMILES string of the molecule is NC1CCCCN(P(N)(N)=O)C1=O. The van der Waals surface area contributed by atoms with Crippen LogP contribution in [0.1, 0.15) is 19.3 Å². The fourth-order valence-corrected chi connectivity index (χ4v) is 2.27. The van der Waals surface area contributed by atoms with E-state index in [0.717, 1.165) is 17.5 Å². The summed E-state index contributed by atoms with van der Waals surface area (Å²) in [5.41, 5.74) is 16.0. The van der Waals surface area contributed by atoms with Crippen molar-refractivity contribution in [2.75, 3.05) is 6.54 Å². The summed E-state index contributed by atoms with van der Waals surface area (Å²) in [6, 6.07) is -0.608. The second-order valence-corrected chi connectivity index (χ2v) is 5.06. The molecule has 13 heavy (non-hydrogen) atoms. The summed E-state index contributed by atoms with van der Waals surface area (Å²) in [5.74, 6) is -0.397. The average molecular weight is 206 g/mol. The van der Waals surface area contributed by atoms with Gasteiger partial charge in [0, 0.05) is 6.54 Å². The van der Waals surface area contributed by atoms with Crippen molar-refractivity contribution in [3.63, 3.8) is 0 Å². The first kappa shape index (κ1) is 10.7. The Kier molecular flexibility index (Phi) is 3.08. The van der Waals surface area contributed by atoms with Gasteiger partial charge in [0.2, 0.25) is 5.91 Å². The highest BCUT2D eigenvalue weighted by Crippen LogP contribution is 2.34. The van der Waals surface area contributed by atoms with Gasteiger partial charge in [-0.2, -0.15) is 0 Å². The zero-order valence-corrected chi connectivity index (χ0v) is 8.24. The van der Waals surface area contributed by atoms with Gasteiger partial charge in [-0.3, -0.25) is 25.0 Å². The van der Waals surface area contributed by atoms with Gasteiger partial charge in [-0.1, -0.05) is 0 Å². The molecule has 7 heteroatoms. The summed E-state index contributed by atoms with van der Waals surface area (Å²) in [4.78, 5) is 11.5. The molecule has 1 fully saturated rings. The van der Waals surface area contributed by atoms with E-state index in [2.05, 4.69) is 0 Å². The van der Waals surface area contributed by atoms with E-state index in [0.29, 0.717) is 13.0 Å². The molecule has 0 spiro atoms. The fourth-order valence-electron chi connectivity index (χ4n) is 1.36. The molecule has 1 amide bonds. The zero-order chi connectivity index (χ0) is 10.1. The van der Waals surface area contributed by atoms with E-state index < -0.39 is 19.5 Å². The van der Waals surface area contributed by atoms with Crippen molar-refractivity contribution in [3.05, 3.63) is 0 Å². The van der Waals surface area contributed by atoms with E-state index in [-0.39, 0.29) is 0 Å². The summed E-state index contributed by atoms with van der Waals surface area (Å²) in [7, 11) is -3.46. The Morgan fingerprint density at radius 1 is 1.38 bits per heavy atom. The Hall–Kier alpha value is -0.420. The van der Waals surface area contributed by atoms with Crippen LogP contribution in [0.2, 0.25) is 0 Å². The molecule has 0 aliphatic carbocycles. The Balaban J connectivity index is 2.83. The van der Waals surface area contributed by atoms with Gasteiger partial charge in [0.15, 0.2) is 0 Å². The van der Waals surface area contributed by atoms with E-state index in [1.54, 1.807) is 0 Å². The van der Waals surface area contributed by atoms with Gasteiger partial charge in [-0.15, -0.1) is 0 Å². The van der Waals surface area contributed by atoms with E-state index in [4.69, 9.17) is 16.7 Å². The highest BCUT2D eigenvalue weighted by Gasteiger charge is 2.31. The van der Waals surface area contributed by atoms with Crippen molar-refractivity contribution in [3.8, 4) is 0 Å². The van der Waals surface area contributed by atoms with Gasteiger partial charge in [-0.05, 0) is 19.3 Å². The van der Waals surface area contributed by atoms with Gasteiger partial charge in [-0.25, -0.2) is 0 Å². The van der Waals surface area contributed by atoms with E-state index >= 15 is 0 Å². The second kappa shape index (κ2) is 3.75. The quantitative estimate of drug-likeness (QED) is 0.493. The van der Waals surface area contributed by atoms with Crippen LogP contribution in [0.15, 0.2) is 0 Å². The van der Waals surface area contributed by atoms with Crippen molar-refractivity contribution in [2.24, 2.45) is 16.7 Å². The maximum atomic E-state index is 11.5. The molecule has 1 aliphatic heterocycles. The summed E-state index contributed by atoms with van der Waals surface area (Å²) in [6.07, 6.45) is 2.19. The third-order valence-electron chi connectivity index (χ3n) is 2.08. The fraction of sp³-hybridized carbons (Fsp3) is 0.833. The molecule has 1 rings (SSSR count). The van der Waals surface area contributed by atoms with Crippen LogP contribution in [-0.2, 0) is 9.36 Å². The molecule has 1 unspecified atom stereocenters. The molecule has 76 valence electrons. The molecule has 0 bridgehead atoms. The number of hydrogen-bond donors (Lipinski definition) is 3. The van der Waals surface area contributed by atoms with Crippen molar-refractivity contribution in [2.45, 2.75) is 25.3 Å². The Bertz CT molecular complexity index is 251. The molecule has 1 atom stereocenters. The maximum absolute atomic E-state index is 11.5. The molecule has 1 saturated heterocycles. The first-order valence-corrected chi connectivity index (χ1v) is 5.97. The lowest BCUT2D eigenvalue weighted by molar-refractivity contribution is -0.127. The predicted molar refractivity (Wildman–Crippen MR) is 49.5 cm³/mol. The molecular weight excluding hydrogens is 191 g/mol. The van der Waals surface area contributed by atoms with Crippen molar-refractivity contribution < 1.29 is 9.36 Å². The van der Waals surface area contributed by atoms with Crippen LogP contribution in [0.4, 0.5) is 0 Å². The summed E-state index contributed by atoms with van der Waals surface area (Å²) in [5, 5.41) is 0. The van der Waals surface area contributed by atoms with Gasteiger partial charge in [0.25, 0.3) is 0 Å². The Morgan fingerprint density at radius 2 is 2.00 bits per heavy atom.